The van der Waals surface area contributed by atoms with Crippen LogP contribution < -0.4 is 5.32 Å². The highest BCUT2D eigenvalue weighted by Crippen LogP contribution is 2.20. The fourth-order valence-corrected chi connectivity index (χ4v) is 2.75. The molecule has 0 radical (unpaired) electrons. The van der Waals surface area contributed by atoms with Crippen molar-refractivity contribution < 1.29 is 9.53 Å². The molecule has 1 saturated heterocycles. The van der Waals surface area contributed by atoms with Crippen molar-refractivity contribution in [3.8, 4) is 0 Å². The average Bonchev–Trinajstić information content (AvgIpc) is 2.49. The van der Waals surface area contributed by atoms with Crippen molar-refractivity contribution in [1.82, 2.24) is 4.90 Å². The highest BCUT2D eigenvalue weighted by Gasteiger charge is 2.23. The number of rotatable bonds is 4. The van der Waals surface area contributed by atoms with Crippen molar-refractivity contribution in [3.63, 3.8) is 0 Å². The Bertz CT molecular complexity index is 428. The zero-order valence-electron chi connectivity index (χ0n) is 12.1. The molecular weight excluding hydrogens is 272 g/mol. The van der Waals surface area contributed by atoms with Crippen molar-refractivity contribution in [2.24, 2.45) is 0 Å². The Balaban J connectivity index is 1.80. The molecule has 1 heterocycles. The number of likely N-dealkylation sites (tertiary alicyclic amines) is 1. The number of carbonyl (C=O) groups is 1. The molecule has 20 heavy (non-hydrogen) atoms. The van der Waals surface area contributed by atoms with Gasteiger partial charge in [-0.2, -0.15) is 0 Å². The van der Waals surface area contributed by atoms with Crippen LogP contribution >= 0.6 is 11.8 Å². The molecule has 1 aliphatic rings. The monoisotopic (exact) mass is 294 g/mol. The topological polar surface area (TPSA) is 41.6 Å². The van der Waals surface area contributed by atoms with Crippen LogP contribution in [0.1, 0.15) is 19.8 Å². The van der Waals surface area contributed by atoms with E-state index < -0.39 is 0 Å². The van der Waals surface area contributed by atoms with Gasteiger partial charge >= 0.3 is 6.09 Å². The normalized spacial score (nSPS) is 16.0. The molecule has 0 aromatic heterocycles. The van der Waals surface area contributed by atoms with E-state index in [0.717, 1.165) is 31.6 Å². The minimum absolute atomic E-state index is 0.185. The van der Waals surface area contributed by atoms with Crippen molar-refractivity contribution in [2.45, 2.75) is 30.7 Å². The molecule has 1 amide bonds. The summed E-state index contributed by atoms with van der Waals surface area (Å²) in [7, 11) is 0. The summed E-state index contributed by atoms with van der Waals surface area (Å²) < 4.78 is 5.02. The number of anilines is 1. The quantitative estimate of drug-likeness (QED) is 0.864. The van der Waals surface area contributed by atoms with Gasteiger partial charge in [-0.15, -0.1) is 11.8 Å². The second-order valence-corrected chi connectivity index (χ2v) is 5.71. The molecule has 1 aromatic rings. The van der Waals surface area contributed by atoms with E-state index in [1.165, 1.54) is 4.90 Å². The molecule has 1 aliphatic heterocycles. The first-order valence-electron chi connectivity index (χ1n) is 7.05. The van der Waals surface area contributed by atoms with Gasteiger partial charge in [0.2, 0.25) is 0 Å². The maximum atomic E-state index is 11.6. The molecule has 110 valence electrons. The third-order valence-corrected chi connectivity index (χ3v) is 4.23. The smallest absolute Gasteiger partial charge is 0.409 e. The lowest BCUT2D eigenvalue weighted by atomic mass is 10.1. The minimum atomic E-state index is -0.185. The second-order valence-electron chi connectivity index (χ2n) is 4.83. The van der Waals surface area contributed by atoms with E-state index in [2.05, 4.69) is 35.8 Å². The van der Waals surface area contributed by atoms with Gasteiger partial charge in [0, 0.05) is 29.7 Å². The second kappa shape index (κ2) is 7.43. The Kier molecular flexibility index (Phi) is 5.59. The fraction of sp³-hybridized carbons (Fsp3) is 0.533. The van der Waals surface area contributed by atoms with Crippen LogP contribution in [-0.4, -0.2) is 43.0 Å². The number of benzene rings is 1. The van der Waals surface area contributed by atoms with Gasteiger partial charge in [-0.1, -0.05) is 0 Å². The number of hydrogen-bond acceptors (Lipinski definition) is 4. The highest BCUT2D eigenvalue weighted by atomic mass is 32.2. The average molecular weight is 294 g/mol. The Hall–Kier alpha value is -1.36. The van der Waals surface area contributed by atoms with Gasteiger partial charge in [-0.25, -0.2) is 4.79 Å². The van der Waals surface area contributed by atoms with E-state index in [9.17, 15) is 4.79 Å². The largest absolute Gasteiger partial charge is 0.450 e. The molecule has 5 heteroatoms. The molecule has 0 atom stereocenters. The lowest BCUT2D eigenvalue weighted by molar-refractivity contribution is 0.0983. The van der Waals surface area contributed by atoms with Crippen molar-refractivity contribution in [1.29, 1.82) is 0 Å². The zero-order chi connectivity index (χ0) is 14.4. The number of amides is 1. The Morgan fingerprint density at radius 2 is 2.00 bits per heavy atom. The maximum absolute atomic E-state index is 11.6. The molecule has 2 rings (SSSR count). The third-order valence-electron chi connectivity index (χ3n) is 3.48. The third kappa shape index (κ3) is 4.07. The van der Waals surface area contributed by atoms with Crippen molar-refractivity contribution in [3.05, 3.63) is 24.3 Å². The molecular formula is C15H22N2O2S. The lowest BCUT2D eigenvalue weighted by Crippen LogP contribution is -2.42. The summed E-state index contributed by atoms with van der Waals surface area (Å²) >= 11 is 1.75. The van der Waals surface area contributed by atoms with Crippen LogP contribution in [0.25, 0.3) is 0 Å². The van der Waals surface area contributed by atoms with E-state index >= 15 is 0 Å². The number of piperidine rings is 1. The number of nitrogens with one attached hydrogen (secondary N) is 1. The number of ether oxygens (including phenoxy) is 1. The van der Waals surface area contributed by atoms with Crippen LogP contribution in [-0.2, 0) is 4.74 Å². The Morgan fingerprint density at radius 1 is 1.35 bits per heavy atom. The summed E-state index contributed by atoms with van der Waals surface area (Å²) in [5.41, 5.74) is 1.15. The first-order chi connectivity index (χ1) is 9.72. The van der Waals surface area contributed by atoms with E-state index in [0.29, 0.717) is 12.6 Å². The molecule has 4 nitrogen and oxygen atoms in total. The summed E-state index contributed by atoms with van der Waals surface area (Å²) in [4.78, 5) is 14.7. The Labute approximate surface area is 124 Å². The summed E-state index contributed by atoms with van der Waals surface area (Å²) in [5.74, 6) is 0. The summed E-state index contributed by atoms with van der Waals surface area (Å²) in [6.45, 7) is 3.81. The molecule has 0 spiro atoms. The standard InChI is InChI=1S/C15H22N2O2S/c1-3-19-15(18)17-10-8-13(9-11-17)16-12-4-6-14(20-2)7-5-12/h4-7,13,16H,3,8-11H2,1-2H3. The van der Waals surface area contributed by atoms with Crippen molar-refractivity contribution >= 4 is 23.5 Å². The van der Waals surface area contributed by atoms with Crippen LogP contribution in [0.3, 0.4) is 0 Å². The summed E-state index contributed by atoms with van der Waals surface area (Å²) in [6.07, 6.45) is 3.81. The van der Waals surface area contributed by atoms with Crippen LogP contribution in [0, 0.1) is 0 Å². The van der Waals surface area contributed by atoms with Crippen LogP contribution in [0.15, 0.2) is 29.2 Å². The van der Waals surface area contributed by atoms with E-state index in [4.69, 9.17) is 4.74 Å². The zero-order valence-corrected chi connectivity index (χ0v) is 12.9. The van der Waals surface area contributed by atoms with Gasteiger partial charge < -0.3 is 15.0 Å². The van der Waals surface area contributed by atoms with Crippen molar-refractivity contribution in [2.75, 3.05) is 31.3 Å². The van der Waals surface area contributed by atoms with Crippen LogP contribution in [0.5, 0.6) is 0 Å². The maximum Gasteiger partial charge on any atom is 0.409 e. The molecule has 0 unspecified atom stereocenters. The fourth-order valence-electron chi connectivity index (χ4n) is 2.34. The molecule has 1 aromatic carbocycles. The minimum Gasteiger partial charge on any atom is -0.450 e. The van der Waals surface area contributed by atoms with Gasteiger partial charge in [0.25, 0.3) is 0 Å². The molecule has 0 aliphatic carbocycles. The summed E-state index contributed by atoms with van der Waals surface area (Å²) in [6, 6.07) is 8.91. The van der Waals surface area contributed by atoms with Gasteiger partial charge in [0.15, 0.2) is 0 Å². The number of carbonyl (C=O) groups excluding carboxylic acids is 1. The number of nitrogens with zero attached hydrogens (tertiary/aromatic N) is 1. The number of hydrogen-bond donors (Lipinski definition) is 1. The van der Waals surface area contributed by atoms with E-state index in [1.807, 2.05) is 6.92 Å². The first-order valence-corrected chi connectivity index (χ1v) is 8.27. The lowest BCUT2D eigenvalue weighted by Gasteiger charge is -2.32. The SMILES string of the molecule is CCOC(=O)N1CCC(Nc2ccc(SC)cc2)CC1. The molecule has 1 N–H and O–H groups in total. The highest BCUT2D eigenvalue weighted by molar-refractivity contribution is 7.98. The van der Waals surface area contributed by atoms with Gasteiger partial charge in [0.05, 0.1) is 6.61 Å². The van der Waals surface area contributed by atoms with Gasteiger partial charge in [0.1, 0.15) is 0 Å². The summed E-state index contributed by atoms with van der Waals surface area (Å²) in [5, 5.41) is 3.54. The first kappa shape index (κ1) is 15.0. The van der Waals surface area contributed by atoms with Gasteiger partial charge in [-0.05, 0) is 50.3 Å². The predicted octanol–water partition coefficient (Wildman–Crippen LogP) is 3.44. The van der Waals surface area contributed by atoms with Gasteiger partial charge in [-0.3, -0.25) is 0 Å². The van der Waals surface area contributed by atoms with E-state index in [1.54, 1.807) is 16.7 Å². The van der Waals surface area contributed by atoms with E-state index in [-0.39, 0.29) is 6.09 Å². The number of thioether (sulfide) groups is 1. The van der Waals surface area contributed by atoms with Crippen LogP contribution in [0.4, 0.5) is 10.5 Å². The predicted molar refractivity (Wildman–Crippen MR) is 83.5 cm³/mol. The Morgan fingerprint density at radius 3 is 2.55 bits per heavy atom. The molecule has 0 saturated carbocycles. The van der Waals surface area contributed by atoms with Crippen LogP contribution in [0.2, 0.25) is 0 Å². The molecule has 0 bridgehead atoms. The molecule has 1 fully saturated rings.